The summed E-state index contributed by atoms with van der Waals surface area (Å²) in [5, 5.41) is 9.26. The molecule has 0 aromatic carbocycles. The summed E-state index contributed by atoms with van der Waals surface area (Å²) >= 11 is 0. The van der Waals surface area contributed by atoms with Crippen molar-refractivity contribution in [2.24, 2.45) is 10.9 Å². The molecule has 0 unspecified atom stereocenters. The van der Waals surface area contributed by atoms with Crippen LogP contribution in [0.25, 0.3) is 0 Å². The van der Waals surface area contributed by atoms with E-state index in [1.165, 1.54) is 25.7 Å². The van der Waals surface area contributed by atoms with Crippen LogP contribution in [0.1, 0.15) is 51.9 Å². The van der Waals surface area contributed by atoms with Crippen molar-refractivity contribution in [3.8, 4) is 0 Å². The average Bonchev–Trinajstić information content (AvgIpc) is 3.29. The number of amides is 2. The molecule has 2 fully saturated rings. The zero-order valence-electron chi connectivity index (χ0n) is 15.9. The molecule has 0 atom stereocenters. The lowest BCUT2D eigenvalue weighted by Gasteiger charge is -2.15. The number of carbonyl (C=O) groups excluding carboxylic acids is 2. The SMILES string of the molecule is CCNC(=NCC(=O)N1CCCC1)NCCNC(=O)CC1CCCC1.I. The molecule has 1 saturated heterocycles. The summed E-state index contributed by atoms with van der Waals surface area (Å²) in [5.41, 5.74) is 0. The molecule has 1 saturated carbocycles. The molecule has 1 aliphatic carbocycles. The molecule has 150 valence electrons. The summed E-state index contributed by atoms with van der Waals surface area (Å²) < 4.78 is 0. The minimum atomic E-state index is 0. The highest BCUT2D eigenvalue weighted by molar-refractivity contribution is 14.0. The van der Waals surface area contributed by atoms with Crippen molar-refractivity contribution in [3.63, 3.8) is 0 Å². The fourth-order valence-electron chi connectivity index (χ4n) is 3.49. The van der Waals surface area contributed by atoms with Gasteiger partial charge >= 0.3 is 0 Å². The normalized spacial score (nSPS) is 17.7. The molecule has 0 aromatic heterocycles. The molecule has 1 aliphatic heterocycles. The first-order valence-corrected chi connectivity index (χ1v) is 9.75. The van der Waals surface area contributed by atoms with Crippen LogP contribution in [0.2, 0.25) is 0 Å². The van der Waals surface area contributed by atoms with Gasteiger partial charge in [0.15, 0.2) is 5.96 Å². The third-order valence-electron chi connectivity index (χ3n) is 4.86. The second kappa shape index (κ2) is 13.2. The summed E-state index contributed by atoms with van der Waals surface area (Å²) in [7, 11) is 0. The second-order valence-electron chi connectivity index (χ2n) is 6.91. The number of nitrogens with one attached hydrogen (secondary N) is 3. The molecular weight excluding hydrogens is 445 g/mol. The minimum Gasteiger partial charge on any atom is -0.357 e. The first-order valence-electron chi connectivity index (χ1n) is 9.75. The lowest BCUT2D eigenvalue weighted by molar-refractivity contribution is -0.128. The van der Waals surface area contributed by atoms with Gasteiger partial charge in [-0.05, 0) is 38.5 Å². The van der Waals surface area contributed by atoms with E-state index < -0.39 is 0 Å². The average molecular weight is 479 g/mol. The summed E-state index contributed by atoms with van der Waals surface area (Å²) in [4.78, 5) is 30.2. The molecule has 0 bridgehead atoms. The summed E-state index contributed by atoms with van der Waals surface area (Å²) in [6.07, 6.45) is 7.74. The molecule has 1 heterocycles. The molecular formula is C18H34IN5O2. The van der Waals surface area contributed by atoms with Gasteiger partial charge in [-0.2, -0.15) is 0 Å². The highest BCUT2D eigenvalue weighted by atomic mass is 127. The number of carbonyl (C=O) groups is 2. The fourth-order valence-corrected chi connectivity index (χ4v) is 3.49. The third-order valence-corrected chi connectivity index (χ3v) is 4.86. The van der Waals surface area contributed by atoms with Crippen molar-refractivity contribution in [1.29, 1.82) is 0 Å². The van der Waals surface area contributed by atoms with Crippen LogP contribution in [-0.2, 0) is 9.59 Å². The zero-order chi connectivity index (χ0) is 17.9. The molecule has 7 nitrogen and oxygen atoms in total. The van der Waals surface area contributed by atoms with Crippen molar-refractivity contribution >= 4 is 41.8 Å². The van der Waals surface area contributed by atoms with Gasteiger partial charge in [-0.3, -0.25) is 9.59 Å². The van der Waals surface area contributed by atoms with Gasteiger partial charge < -0.3 is 20.9 Å². The number of hydrogen-bond acceptors (Lipinski definition) is 3. The van der Waals surface area contributed by atoms with Gasteiger partial charge in [-0.25, -0.2) is 4.99 Å². The van der Waals surface area contributed by atoms with E-state index in [0.29, 0.717) is 31.4 Å². The van der Waals surface area contributed by atoms with Gasteiger partial charge in [0.2, 0.25) is 11.8 Å². The van der Waals surface area contributed by atoms with E-state index in [1.54, 1.807) is 0 Å². The third kappa shape index (κ3) is 8.55. The van der Waals surface area contributed by atoms with Gasteiger partial charge in [0.25, 0.3) is 0 Å². The predicted octanol–water partition coefficient (Wildman–Crippen LogP) is 1.48. The Labute approximate surface area is 174 Å². The molecule has 2 rings (SSSR count). The van der Waals surface area contributed by atoms with E-state index in [-0.39, 0.29) is 42.3 Å². The molecule has 2 aliphatic rings. The molecule has 2 amide bonds. The topological polar surface area (TPSA) is 85.8 Å². The maximum Gasteiger partial charge on any atom is 0.244 e. The highest BCUT2D eigenvalue weighted by Gasteiger charge is 2.18. The number of hydrogen-bond donors (Lipinski definition) is 3. The Kier molecular flexibility index (Phi) is 11.6. The van der Waals surface area contributed by atoms with Crippen LogP contribution < -0.4 is 16.0 Å². The van der Waals surface area contributed by atoms with Crippen LogP contribution >= 0.6 is 24.0 Å². The zero-order valence-corrected chi connectivity index (χ0v) is 18.2. The Balaban J connectivity index is 0.00000338. The Morgan fingerprint density at radius 1 is 1.00 bits per heavy atom. The van der Waals surface area contributed by atoms with Crippen molar-refractivity contribution in [3.05, 3.63) is 0 Å². The van der Waals surface area contributed by atoms with Gasteiger partial charge in [-0.15, -0.1) is 24.0 Å². The van der Waals surface area contributed by atoms with Crippen LogP contribution in [0.4, 0.5) is 0 Å². The minimum absolute atomic E-state index is 0. The number of guanidine groups is 1. The van der Waals surface area contributed by atoms with E-state index >= 15 is 0 Å². The number of likely N-dealkylation sites (tertiary alicyclic amines) is 1. The van der Waals surface area contributed by atoms with E-state index in [2.05, 4.69) is 20.9 Å². The van der Waals surface area contributed by atoms with Crippen molar-refractivity contribution in [2.45, 2.75) is 51.9 Å². The van der Waals surface area contributed by atoms with Gasteiger partial charge in [0.1, 0.15) is 6.54 Å². The highest BCUT2D eigenvalue weighted by Crippen LogP contribution is 2.27. The van der Waals surface area contributed by atoms with Crippen LogP contribution in [0.15, 0.2) is 4.99 Å². The van der Waals surface area contributed by atoms with E-state index in [4.69, 9.17) is 0 Å². The van der Waals surface area contributed by atoms with E-state index in [1.807, 2.05) is 11.8 Å². The summed E-state index contributed by atoms with van der Waals surface area (Å²) in [6.45, 7) is 5.76. The fraction of sp³-hybridized carbons (Fsp3) is 0.833. The first kappa shape index (κ1) is 23.0. The second-order valence-corrected chi connectivity index (χ2v) is 6.91. The molecule has 0 aromatic rings. The van der Waals surface area contributed by atoms with Crippen LogP contribution in [0.3, 0.4) is 0 Å². The Morgan fingerprint density at radius 3 is 2.31 bits per heavy atom. The first-order chi connectivity index (χ1) is 12.2. The molecule has 0 radical (unpaired) electrons. The molecule has 26 heavy (non-hydrogen) atoms. The molecule has 8 heteroatoms. The standard InChI is InChI=1S/C18H33N5O2.HI/c1-2-19-18(22-14-17(25)23-11-5-6-12-23)21-10-9-20-16(24)13-15-7-3-4-8-15;/h15H,2-14H2,1H3,(H,20,24)(H2,19,21,22);1H. The maximum atomic E-state index is 12.0. The number of rotatable bonds is 8. The Bertz CT molecular complexity index is 460. The molecule has 0 spiro atoms. The quantitative estimate of drug-likeness (QED) is 0.213. The predicted molar refractivity (Wildman–Crippen MR) is 115 cm³/mol. The van der Waals surface area contributed by atoms with Crippen LogP contribution in [0, 0.1) is 5.92 Å². The van der Waals surface area contributed by atoms with Crippen molar-refractivity contribution in [1.82, 2.24) is 20.9 Å². The van der Waals surface area contributed by atoms with Crippen molar-refractivity contribution < 1.29 is 9.59 Å². The monoisotopic (exact) mass is 479 g/mol. The largest absolute Gasteiger partial charge is 0.357 e. The van der Waals surface area contributed by atoms with Crippen molar-refractivity contribution in [2.75, 3.05) is 39.3 Å². The maximum absolute atomic E-state index is 12.0. The summed E-state index contributed by atoms with van der Waals surface area (Å²) in [5.74, 6) is 1.42. The smallest absolute Gasteiger partial charge is 0.244 e. The van der Waals surface area contributed by atoms with Gasteiger partial charge in [0, 0.05) is 39.1 Å². The lowest BCUT2D eigenvalue weighted by Crippen LogP contribution is -2.42. The Hall–Kier alpha value is -1.06. The lowest BCUT2D eigenvalue weighted by atomic mass is 10.0. The molecule has 3 N–H and O–H groups in total. The summed E-state index contributed by atoms with van der Waals surface area (Å²) in [6, 6.07) is 0. The van der Waals surface area contributed by atoms with Crippen LogP contribution in [0.5, 0.6) is 0 Å². The van der Waals surface area contributed by atoms with Crippen LogP contribution in [-0.4, -0.2) is 61.9 Å². The number of halogens is 1. The van der Waals surface area contributed by atoms with E-state index in [0.717, 1.165) is 32.5 Å². The number of aliphatic imine (C=N–C) groups is 1. The van der Waals surface area contributed by atoms with E-state index in [9.17, 15) is 9.59 Å². The Morgan fingerprint density at radius 2 is 1.65 bits per heavy atom. The van der Waals surface area contributed by atoms with Gasteiger partial charge in [0.05, 0.1) is 0 Å². The van der Waals surface area contributed by atoms with Gasteiger partial charge in [-0.1, -0.05) is 12.8 Å². The number of nitrogens with zero attached hydrogens (tertiary/aromatic N) is 2.